The molecule has 0 radical (unpaired) electrons. The van der Waals surface area contributed by atoms with Crippen molar-refractivity contribution in [2.45, 2.75) is 6.92 Å². The third-order valence-electron chi connectivity index (χ3n) is 2.22. The van der Waals surface area contributed by atoms with Crippen molar-refractivity contribution in [1.82, 2.24) is 10.1 Å². The van der Waals surface area contributed by atoms with Gasteiger partial charge in [-0.3, -0.25) is 4.98 Å². The molecule has 0 bridgehead atoms. The van der Waals surface area contributed by atoms with E-state index in [0.717, 1.165) is 22.4 Å². The summed E-state index contributed by atoms with van der Waals surface area (Å²) in [6.07, 6.45) is 6.76. The average molecular weight is 216 g/mol. The molecular formula is C12H12N2O2. The molecule has 0 atom stereocenters. The molecule has 0 aliphatic heterocycles. The molecule has 2 aromatic rings. The van der Waals surface area contributed by atoms with Crippen LogP contribution in [0.5, 0.6) is 0 Å². The Morgan fingerprint density at radius 3 is 3.00 bits per heavy atom. The maximum Gasteiger partial charge on any atom is 0.124 e. The maximum atomic E-state index is 4.96. The average Bonchev–Trinajstić information content (AvgIpc) is 2.83. The Balaban J connectivity index is 2.37. The van der Waals surface area contributed by atoms with E-state index in [0.29, 0.717) is 0 Å². The minimum absolute atomic E-state index is 0.777. The Hall–Kier alpha value is -2.10. The number of methoxy groups -OCH3 is 1. The van der Waals surface area contributed by atoms with Gasteiger partial charge >= 0.3 is 0 Å². The van der Waals surface area contributed by atoms with Crippen LogP contribution in [0.3, 0.4) is 0 Å². The molecule has 0 amide bonds. The molecule has 0 aliphatic rings. The van der Waals surface area contributed by atoms with Crippen LogP contribution in [0.1, 0.15) is 12.5 Å². The predicted molar refractivity (Wildman–Crippen MR) is 60.4 cm³/mol. The SMILES string of the molecule is COC=C(C)c1cncc(-c2ccon2)c1. The fraction of sp³-hybridized carbons (Fsp3) is 0.167. The third-order valence-corrected chi connectivity index (χ3v) is 2.22. The second-order valence-electron chi connectivity index (χ2n) is 3.38. The van der Waals surface area contributed by atoms with Gasteiger partial charge in [0.15, 0.2) is 0 Å². The standard InChI is InChI=1S/C12H12N2O2/c1-9(8-15-2)10-5-11(7-13-6-10)12-3-4-16-14-12/h3-8H,1-2H3. The van der Waals surface area contributed by atoms with Gasteiger partial charge in [0.25, 0.3) is 0 Å². The minimum Gasteiger partial charge on any atom is -0.504 e. The van der Waals surface area contributed by atoms with E-state index in [1.165, 1.54) is 0 Å². The van der Waals surface area contributed by atoms with Crippen LogP contribution in [0.15, 0.2) is 41.6 Å². The smallest absolute Gasteiger partial charge is 0.124 e. The van der Waals surface area contributed by atoms with E-state index in [2.05, 4.69) is 10.1 Å². The summed E-state index contributed by atoms with van der Waals surface area (Å²) in [4.78, 5) is 4.17. The summed E-state index contributed by atoms with van der Waals surface area (Å²) in [6.45, 7) is 1.97. The number of pyridine rings is 1. The van der Waals surface area contributed by atoms with Crippen molar-refractivity contribution >= 4 is 5.57 Å². The van der Waals surface area contributed by atoms with E-state index in [9.17, 15) is 0 Å². The molecule has 0 spiro atoms. The zero-order valence-corrected chi connectivity index (χ0v) is 9.18. The lowest BCUT2D eigenvalue weighted by atomic mass is 10.1. The van der Waals surface area contributed by atoms with E-state index in [1.807, 2.05) is 13.0 Å². The monoisotopic (exact) mass is 216 g/mol. The number of allylic oxidation sites excluding steroid dienone is 1. The molecule has 2 heterocycles. The van der Waals surface area contributed by atoms with Crippen molar-refractivity contribution in [2.24, 2.45) is 0 Å². The molecule has 82 valence electrons. The number of rotatable bonds is 3. The van der Waals surface area contributed by atoms with Crippen LogP contribution < -0.4 is 0 Å². The molecule has 0 saturated heterocycles. The molecule has 2 aromatic heterocycles. The van der Waals surface area contributed by atoms with Gasteiger partial charge in [0.1, 0.15) is 12.0 Å². The van der Waals surface area contributed by atoms with Crippen molar-refractivity contribution in [1.29, 1.82) is 0 Å². The highest BCUT2D eigenvalue weighted by Crippen LogP contribution is 2.20. The van der Waals surface area contributed by atoms with Crippen LogP contribution in [0.25, 0.3) is 16.8 Å². The molecular weight excluding hydrogens is 204 g/mol. The lowest BCUT2D eigenvalue weighted by Gasteiger charge is -2.02. The van der Waals surface area contributed by atoms with E-state index in [-0.39, 0.29) is 0 Å². The van der Waals surface area contributed by atoms with Gasteiger partial charge in [-0.05, 0) is 24.1 Å². The summed E-state index contributed by atoms with van der Waals surface area (Å²) in [6, 6.07) is 3.80. The summed E-state index contributed by atoms with van der Waals surface area (Å²) in [5.41, 5.74) is 3.72. The Bertz CT molecular complexity index is 489. The fourth-order valence-corrected chi connectivity index (χ4v) is 1.40. The van der Waals surface area contributed by atoms with Crippen molar-refractivity contribution in [3.8, 4) is 11.3 Å². The summed E-state index contributed by atoms with van der Waals surface area (Å²) in [5.74, 6) is 0. The first-order valence-corrected chi connectivity index (χ1v) is 4.87. The first-order chi connectivity index (χ1) is 7.81. The number of hydrogen-bond donors (Lipinski definition) is 0. The highest BCUT2D eigenvalue weighted by Gasteiger charge is 2.04. The van der Waals surface area contributed by atoms with Crippen molar-refractivity contribution in [3.05, 3.63) is 42.6 Å². The van der Waals surface area contributed by atoms with Crippen LogP contribution in [0, 0.1) is 0 Å². The number of nitrogens with zero attached hydrogens (tertiary/aromatic N) is 2. The zero-order valence-electron chi connectivity index (χ0n) is 9.18. The molecule has 4 nitrogen and oxygen atoms in total. The molecule has 16 heavy (non-hydrogen) atoms. The van der Waals surface area contributed by atoms with Gasteiger partial charge in [-0.25, -0.2) is 0 Å². The predicted octanol–water partition coefficient (Wildman–Crippen LogP) is 2.74. The Labute approximate surface area is 93.6 Å². The number of aromatic nitrogens is 2. The molecule has 0 unspecified atom stereocenters. The summed E-state index contributed by atoms with van der Waals surface area (Å²) in [7, 11) is 1.62. The Morgan fingerprint density at radius 1 is 1.44 bits per heavy atom. The highest BCUT2D eigenvalue weighted by atomic mass is 16.5. The van der Waals surface area contributed by atoms with E-state index in [1.54, 1.807) is 38.1 Å². The normalized spacial score (nSPS) is 11.5. The van der Waals surface area contributed by atoms with Gasteiger partial charge in [0.2, 0.25) is 0 Å². The maximum absolute atomic E-state index is 4.96. The fourth-order valence-electron chi connectivity index (χ4n) is 1.40. The molecule has 4 heteroatoms. The van der Waals surface area contributed by atoms with Gasteiger partial charge in [-0.2, -0.15) is 0 Å². The largest absolute Gasteiger partial charge is 0.504 e. The number of hydrogen-bond acceptors (Lipinski definition) is 4. The Morgan fingerprint density at radius 2 is 2.31 bits per heavy atom. The second-order valence-corrected chi connectivity index (χ2v) is 3.38. The lowest BCUT2D eigenvalue weighted by molar-refractivity contribution is 0.339. The van der Waals surface area contributed by atoms with Crippen molar-refractivity contribution in [3.63, 3.8) is 0 Å². The van der Waals surface area contributed by atoms with Crippen LogP contribution >= 0.6 is 0 Å². The summed E-state index contributed by atoms with van der Waals surface area (Å²) in [5, 5.41) is 3.87. The van der Waals surface area contributed by atoms with Crippen LogP contribution in [-0.4, -0.2) is 17.3 Å². The first kappa shape index (κ1) is 10.4. The van der Waals surface area contributed by atoms with Gasteiger partial charge in [-0.1, -0.05) is 5.16 Å². The first-order valence-electron chi connectivity index (χ1n) is 4.87. The quantitative estimate of drug-likeness (QED) is 0.740. The minimum atomic E-state index is 0.777. The van der Waals surface area contributed by atoms with Gasteiger partial charge in [0, 0.05) is 24.0 Å². The second kappa shape index (κ2) is 4.61. The molecule has 0 aliphatic carbocycles. The van der Waals surface area contributed by atoms with Crippen LogP contribution in [0.2, 0.25) is 0 Å². The molecule has 0 N–H and O–H groups in total. The molecule has 0 saturated carbocycles. The number of ether oxygens (including phenoxy) is 1. The van der Waals surface area contributed by atoms with Crippen molar-refractivity contribution < 1.29 is 9.26 Å². The molecule has 2 rings (SSSR count). The summed E-state index contributed by atoms with van der Waals surface area (Å²) >= 11 is 0. The van der Waals surface area contributed by atoms with Gasteiger partial charge in [0.05, 0.1) is 13.4 Å². The summed E-state index contributed by atoms with van der Waals surface area (Å²) < 4.78 is 9.76. The van der Waals surface area contributed by atoms with Crippen LogP contribution in [0.4, 0.5) is 0 Å². The third kappa shape index (κ3) is 2.11. The van der Waals surface area contributed by atoms with Gasteiger partial charge in [-0.15, -0.1) is 0 Å². The molecule has 0 fully saturated rings. The van der Waals surface area contributed by atoms with E-state index in [4.69, 9.17) is 9.26 Å². The van der Waals surface area contributed by atoms with Crippen LogP contribution in [-0.2, 0) is 4.74 Å². The van der Waals surface area contributed by atoms with E-state index < -0.39 is 0 Å². The highest BCUT2D eigenvalue weighted by molar-refractivity contribution is 5.68. The van der Waals surface area contributed by atoms with Crippen molar-refractivity contribution in [2.75, 3.05) is 7.11 Å². The van der Waals surface area contributed by atoms with Gasteiger partial charge < -0.3 is 9.26 Å². The lowest BCUT2D eigenvalue weighted by Crippen LogP contribution is -1.86. The topological polar surface area (TPSA) is 48.2 Å². The zero-order chi connectivity index (χ0) is 11.4. The van der Waals surface area contributed by atoms with E-state index >= 15 is 0 Å². The molecule has 0 aromatic carbocycles. The Kier molecular flexibility index (Phi) is 3.00.